The van der Waals surface area contributed by atoms with Crippen molar-refractivity contribution in [1.29, 1.82) is 0 Å². The van der Waals surface area contributed by atoms with Gasteiger partial charge in [-0.2, -0.15) is 15.1 Å². The molecule has 0 saturated heterocycles. The van der Waals surface area contributed by atoms with Crippen LogP contribution in [0.5, 0.6) is 0 Å². The summed E-state index contributed by atoms with van der Waals surface area (Å²) in [4.78, 5) is 8.97. The molecule has 1 aliphatic rings. The van der Waals surface area contributed by atoms with E-state index in [0.717, 1.165) is 0 Å². The van der Waals surface area contributed by atoms with Crippen molar-refractivity contribution in [1.82, 2.24) is 0 Å². The topological polar surface area (TPSA) is 43.2 Å². The second-order valence-corrected chi connectivity index (χ2v) is 1.18. The molecule has 0 spiro atoms. The monoisotopic (exact) mass is 114 g/mol. The summed E-state index contributed by atoms with van der Waals surface area (Å²) in [6.45, 7) is 1.03. The average Bonchev–Trinajstić information content (AvgIpc) is 1.62. The maximum absolute atomic E-state index is 4.53. The fraction of sp³-hybridized carbons (Fsp3) is 0.500. The van der Waals surface area contributed by atoms with Gasteiger partial charge in [-0.3, -0.25) is 0 Å². The molecular weight excluding hydrogens is 108 g/mol. The van der Waals surface area contributed by atoms with Gasteiger partial charge in [0, 0.05) is 0 Å². The second kappa shape index (κ2) is 3.15. The molecule has 0 unspecified atom stereocenters. The van der Waals surface area contributed by atoms with Crippen LogP contribution in [0, 0.1) is 0 Å². The largest absolute Gasteiger partial charge is 0.344 e. The predicted octanol–water partition coefficient (Wildman–Crippen LogP) is 0.872. The number of azo groups is 1. The normalized spacial score (nSPS) is 19.0. The van der Waals surface area contributed by atoms with E-state index in [0.29, 0.717) is 13.2 Å². The molecule has 0 aromatic carbocycles. The van der Waals surface area contributed by atoms with Gasteiger partial charge in [0.15, 0.2) is 0 Å². The standard InChI is InChI=1S/C4H6N2O2/c1-3-7-8-4-2-6-5-1/h1,3H,2,4H2. The van der Waals surface area contributed by atoms with Crippen LogP contribution in [0.15, 0.2) is 22.7 Å². The van der Waals surface area contributed by atoms with Crippen molar-refractivity contribution in [3.05, 3.63) is 12.5 Å². The molecule has 0 fully saturated rings. The van der Waals surface area contributed by atoms with E-state index >= 15 is 0 Å². The first-order chi connectivity index (χ1) is 4.00. The summed E-state index contributed by atoms with van der Waals surface area (Å²) in [5.41, 5.74) is 0. The van der Waals surface area contributed by atoms with Crippen LogP contribution < -0.4 is 0 Å². The van der Waals surface area contributed by atoms with Crippen LogP contribution >= 0.6 is 0 Å². The van der Waals surface area contributed by atoms with Crippen molar-refractivity contribution in [2.75, 3.05) is 13.2 Å². The van der Waals surface area contributed by atoms with Gasteiger partial charge in [0.05, 0.1) is 12.7 Å². The summed E-state index contributed by atoms with van der Waals surface area (Å²) < 4.78 is 0. The third-order valence-corrected chi connectivity index (χ3v) is 0.607. The van der Waals surface area contributed by atoms with E-state index in [9.17, 15) is 0 Å². The van der Waals surface area contributed by atoms with Gasteiger partial charge < -0.3 is 4.89 Å². The molecule has 0 bridgehead atoms. The Morgan fingerprint density at radius 1 is 1.50 bits per heavy atom. The molecule has 0 atom stereocenters. The summed E-state index contributed by atoms with van der Waals surface area (Å²) in [5, 5.41) is 7.23. The minimum absolute atomic E-state index is 0.466. The first-order valence-corrected chi connectivity index (χ1v) is 2.30. The SMILES string of the molecule is C1=COOCCN=N1. The lowest BCUT2D eigenvalue weighted by molar-refractivity contribution is -0.246. The van der Waals surface area contributed by atoms with E-state index in [-0.39, 0.29) is 0 Å². The molecule has 0 aromatic rings. The zero-order chi connectivity index (χ0) is 5.66. The quantitative estimate of drug-likeness (QED) is 0.438. The average molecular weight is 114 g/mol. The first-order valence-electron chi connectivity index (χ1n) is 2.30. The molecule has 0 amide bonds. The number of hydrogen-bond donors (Lipinski definition) is 0. The van der Waals surface area contributed by atoms with Crippen molar-refractivity contribution in [3.8, 4) is 0 Å². The van der Waals surface area contributed by atoms with Crippen LogP contribution in [0.3, 0.4) is 0 Å². The molecule has 1 aliphatic heterocycles. The molecule has 4 nitrogen and oxygen atoms in total. The number of nitrogens with zero attached hydrogens (tertiary/aromatic N) is 2. The Balaban J connectivity index is 2.33. The van der Waals surface area contributed by atoms with Gasteiger partial charge >= 0.3 is 0 Å². The predicted molar refractivity (Wildman–Crippen MR) is 25.9 cm³/mol. The summed E-state index contributed by atoms with van der Waals surface area (Å²) in [6, 6.07) is 0. The molecule has 0 aromatic heterocycles. The lowest BCUT2D eigenvalue weighted by atomic mass is 10.7. The van der Waals surface area contributed by atoms with Crippen LogP contribution in [0.4, 0.5) is 0 Å². The fourth-order valence-electron chi connectivity index (χ4n) is 0.322. The highest BCUT2D eigenvalue weighted by Crippen LogP contribution is 1.88. The third-order valence-electron chi connectivity index (χ3n) is 0.607. The Kier molecular flexibility index (Phi) is 2.06. The van der Waals surface area contributed by atoms with Crippen LogP contribution in [-0.4, -0.2) is 13.2 Å². The van der Waals surface area contributed by atoms with Gasteiger partial charge in [-0.1, -0.05) is 0 Å². The lowest BCUT2D eigenvalue weighted by Crippen LogP contribution is -1.96. The minimum Gasteiger partial charge on any atom is -0.344 e. The van der Waals surface area contributed by atoms with E-state index in [4.69, 9.17) is 0 Å². The molecule has 1 rings (SSSR count). The minimum atomic E-state index is 0.466. The van der Waals surface area contributed by atoms with Gasteiger partial charge in [-0.05, 0) is 0 Å². The Bertz CT molecular complexity index is 96.6. The zero-order valence-electron chi connectivity index (χ0n) is 4.28. The summed E-state index contributed by atoms with van der Waals surface area (Å²) in [6.07, 6.45) is 2.77. The van der Waals surface area contributed by atoms with Crippen molar-refractivity contribution in [2.24, 2.45) is 10.2 Å². The van der Waals surface area contributed by atoms with Crippen LogP contribution in [0.1, 0.15) is 0 Å². The van der Waals surface area contributed by atoms with Gasteiger partial charge in [-0.25, -0.2) is 0 Å². The van der Waals surface area contributed by atoms with E-state index < -0.39 is 0 Å². The maximum Gasteiger partial charge on any atom is 0.149 e. The van der Waals surface area contributed by atoms with E-state index in [1.807, 2.05) is 0 Å². The molecule has 0 radical (unpaired) electrons. The van der Waals surface area contributed by atoms with Crippen molar-refractivity contribution in [2.45, 2.75) is 0 Å². The van der Waals surface area contributed by atoms with Gasteiger partial charge in [0.2, 0.25) is 0 Å². The molecule has 4 heteroatoms. The van der Waals surface area contributed by atoms with Crippen LogP contribution in [0.2, 0.25) is 0 Å². The van der Waals surface area contributed by atoms with Crippen LogP contribution in [0.25, 0.3) is 0 Å². The van der Waals surface area contributed by atoms with Gasteiger partial charge in [0.1, 0.15) is 12.9 Å². The zero-order valence-corrected chi connectivity index (χ0v) is 4.28. The lowest BCUT2D eigenvalue weighted by Gasteiger charge is -1.97. The third kappa shape index (κ3) is 1.70. The summed E-state index contributed by atoms with van der Waals surface area (Å²) in [7, 11) is 0. The van der Waals surface area contributed by atoms with Crippen molar-refractivity contribution >= 4 is 0 Å². The van der Waals surface area contributed by atoms with Crippen molar-refractivity contribution < 1.29 is 9.78 Å². The molecule has 8 heavy (non-hydrogen) atoms. The first kappa shape index (κ1) is 5.24. The fourth-order valence-corrected chi connectivity index (χ4v) is 0.322. The Hall–Kier alpha value is -0.900. The summed E-state index contributed by atoms with van der Waals surface area (Å²) in [5.74, 6) is 0. The summed E-state index contributed by atoms with van der Waals surface area (Å²) >= 11 is 0. The van der Waals surface area contributed by atoms with E-state index in [1.165, 1.54) is 12.5 Å². The molecule has 1 heterocycles. The van der Waals surface area contributed by atoms with Gasteiger partial charge in [-0.15, -0.1) is 0 Å². The van der Waals surface area contributed by atoms with E-state index in [1.54, 1.807) is 0 Å². The molecule has 44 valence electrons. The molecular formula is C4H6N2O2. The number of rotatable bonds is 0. The maximum atomic E-state index is 4.53. The second-order valence-electron chi connectivity index (χ2n) is 1.18. The van der Waals surface area contributed by atoms with Gasteiger partial charge in [0.25, 0.3) is 0 Å². The Morgan fingerprint density at radius 2 is 2.50 bits per heavy atom. The molecule has 0 saturated carbocycles. The number of hydrogen-bond acceptors (Lipinski definition) is 4. The van der Waals surface area contributed by atoms with Crippen molar-refractivity contribution in [3.63, 3.8) is 0 Å². The highest BCUT2D eigenvalue weighted by Gasteiger charge is 1.85. The Labute approximate surface area is 46.7 Å². The Morgan fingerprint density at radius 3 is 3.50 bits per heavy atom. The highest BCUT2D eigenvalue weighted by atomic mass is 17.2. The van der Waals surface area contributed by atoms with E-state index in [2.05, 4.69) is 20.0 Å². The molecule has 0 aliphatic carbocycles. The smallest absolute Gasteiger partial charge is 0.149 e. The highest BCUT2D eigenvalue weighted by molar-refractivity contribution is 4.66. The molecule has 0 N–H and O–H groups in total. The van der Waals surface area contributed by atoms with Crippen LogP contribution in [-0.2, 0) is 9.78 Å².